The number of ether oxygens (including phenoxy) is 2. The van der Waals surface area contributed by atoms with Gasteiger partial charge in [-0.1, -0.05) is 42.6 Å². The second-order valence-electron chi connectivity index (χ2n) is 7.04. The first-order valence-electron chi connectivity index (χ1n) is 9.36. The van der Waals surface area contributed by atoms with Crippen LogP contribution in [-0.2, 0) is 10.2 Å². The average molecular weight is 401 g/mol. The highest BCUT2D eigenvalue weighted by Crippen LogP contribution is 2.44. The maximum Gasteiger partial charge on any atom is 0.271 e. The predicted octanol–water partition coefficient (Wildman–Crippen LogP) is 3.38. The van der Waals surface area contributed by atoms with E-state index in [4.69, 9.17) is 21.1 Å². The molecule has 2 aromatic carbocycles. The van der Waals surface area contributed by atoms with E-state index in [0.29, 0.717) is 48.1 Å². The van der Waals surface area contributed by atoms with Crippen LogP contribution in [0.5, 0.6) is 11.5 Å². The molecule has 0 unspecified atom stereocenters. The van der Waals surface area contributed by atoms with Crippen molar-refractivity contribution in [2.45, 2.75) is 31.1 Å². The molecule has 2 aromatic rings. The van der Waals surface area contributed by atoms with Gasteiger partial charge in [-0.15, -0.1) is 0 Å². The summed E-state index contributed by atoms with van der Waals surface area (Å²) in [5, 5.41) is 0.330. The summed E-state index contributed by atoms with van der Waals surface area (Å²) in [7, 11) is 0. The molecule has 1 heterocycles. The van der Waals surface area contributed by atoms with Crippen LogP contribution in [-0.4, -0.2) is 25.0 Å². The lowest BCUT2D eigenvalue weighted by atomic mass is 9.78. The lowest BCUT2D eigenvalue weighted by molar-refractivity contribution is -0.127. The lowest BCUT2D eigenvalue weighted by Gasteiger charge is -2.29. The highest BCUT2D eigenvalue weighted by Gasteiger charge is 2.43. The smallest absolute Gasteiger partial charge is 0.271 e. The Morgan fingerprint density at radius 1 is 0.929 bits per heavy atom. The van der Waals surface area contributed by atoms with Crippen LogP contribution in [0, 0.1) is 0 Å². The lowest BCUT2D eigenvalue weighted by Crippen LogP contribution is -2.50. The van der Waals surface area contributed by atoms with E-state index in [1.807, 2.05) is 18.2 Å². The first-order chi connectivity index (χ1) is 13.6. The fraction of sp³-hybridized carbons (Fsp3) is 0.333. The highest BCUT2D eigenvalue weighted by atomic mass is 35.5. The Balaban J connectivity index is 1.53. The van der Waals surface area contributed by atoms with Gasteiger partial charge >= 0.3 is 0 Å². The summed E-state index contributed by atoms with van der Waals surface area (Å²) >= 11 is 6.05. The molecular formula is C21H21ClN2O4. The number of hydrogen-bond acceptors (Lipinski definition) is 4. The van der Waals surface area contributed by atoms with Crippen molar-refractivity contribution in [1.82, 2.24) is 10.9 Å². The van der Waals surface area contributed by atoms with Gasteiger partial charge in [0.2, 0.25) is 5.91 Å². The molecule has 1 aliphatic carbocycles. The molecule has 6 nitrogen and oxygen atoms in total. The highest BCUT2D eigenvalue weighted by molar-refractivity contribution is 6.33. The van der Waals surface area contributed by atoms with Gasteiger partial charge in [-0.3, -0.25) is 20.4 Å². The molecule has 2 N–H and O–H groups in total. The number of carbonyl (C=O) groups is 2. The molecule has 0 spiro atoms. The summed E-state index contributed by atoms with van der Waals surface area (Å²) in [6.07, 6.45) is 3.31. The Labute approximate surface area is 168 Å². The van der Waals surface area contributed by atoms with E-state index in [1.165, 1.54) is 0 Å². The van der Waals surface area contributed by atoms with Gasteiger partial charge in [-0.2, -0.15) is 0 Å². The van der Waals surface area contributed by atoms with Crippen molar-refractivity contribution in [3.05, 3.63) is 58.6 Å². The van der Waals surface area contributed by atoms with Gasteiger partial charge in [0.15, 0.2) is 11.5 Å². The summed E-state index contributed by atoms with van der Waals surface area (Å²) in [5.74, 6) is 0.662. The molecule has 2 aliphatic rings. The Morgan fingerprint density at radius 2 is 1.64 bits per heavy atom. The van der Waals surface area contributed by atoms with E-state index in [-0.39, 0.29) is 5.91 Å². The van der Waals surface area contributed by atoms with Crippen LogP contribution in [0.4, 0.5) is 0 Å². The summed E-state index contributed by atoms with van der Waals surface area (Å²) in [5.41, 5.74) is 5.57. The van der Waals surface area contributed by atoms with Crippen LogP contribution in [0.3, 0.4) is 0 Å². The standard InChI is InChI=1S/C21H21ClN2O4/c22-16-6-2-1-5-15(16)19(25)23-24-20(26)21(9-3-4-10-21)14-7-8-17-18(13-14)28-12-11-27-17/h1-2,5-8,13H,3-4,9-12H2,(H,23,25)(H,24,26). The molecule has 146 valence electrons. The van der Waals surface area contributed by atoms with E-state index in [1.54, 1.807) is 24.3 Å². The van der Waals surface area contributed by atoms with Gasteiger partial charge in [0.25, 0.3) is 5.91 Å². The third kappa shape index (κ3) is 3.40. The van der Waals surface area contributed by atoms with Gasteiger partial charge in [0.1, 0.15) is 13.2 Å². The van der Waals surface area contributed by atoms with Crippen molar-refractivity contribution >= 4 is 23.4 Å². The molecule has 7 heteroatoms. The number of nitrogens with one attached hydrogen (secondary N) is 2. The number of fused-ring (bicyclic) bond motifs is 1. The fourth-order valence-corrected chi connectivity index (χ4v) is 4.13. The first kappa shape index (κ1) is 18.6. The minimum absolute atomic E-state index is 0.234. The maximum atomic E-state index is 13.1. The van der Waals surface area contributed by atoms with E-state index < -0.39 is 11.3 Å². The second-order valence-corrected chi connectivity index (χ2v) is 7.44. The molecule has 28 heavy (non-hydrogen) atoms. The molecule has 4 rings (SSSR count). The van der Waals surface area contributed by atoms with Crippen LogP contribution in [0.1, 0.15) is 41.6 Å². The van der Waals surface area contributed by atoms with E-state index in [0.717, 1.165) is 18.4 Å². The minimum Gasteiger partial charge on any atom is -0.486 e. The number of benzene rings is 2. The SMILES string of the molecule is O=C(NNC(=O)C1(c2ccc3c(c2)OCCO3)CCCC1)c1ccccc1Cl. The molecule has 0 atom stereocenters. The Morgan fingerprint density at radius 3 is 2.39 bits per heavy atom. The zero-order chi connectivity index (χ0) is 19.6. The normalized spacial score (nSPS) is 17.0. The van der Waals surface area contributed by atoms with Gasteiger partial charge in [-0.25, -0.2) is 0 Å². The third-order valence-electron chi connectivity index (χ3n) is 5.39. The zero-order valence-electron chi connectivity index (χ0n) is 15.3. The molecule has 0 aromatic heterocycles. The van der Waals surface area contributed by atoms with Gasteiger partial charge < -0.3 is 9.47 Å². The van der Waals surface area contributed by atoms with Gasteiger partial charge in [-0.05, 0) is 42.7 Å². The quantitative estimate of drug-likeness (QED) is 0.774. The number of amides is 2. The molecule has 2 amide bonds. The van der Waals surface area contributed by atoms with Crippen molar-refractivity contribution in [3.63, 3.8) is 0 Å². The van der Waals surface area contributed by atoms with Crippen molar-refractivity contribution in [2.75, 3.05) is 13.2 Å². The second kappa shape index (κ2) is 7.72. The Bertz CT molecular complexity index is 909. The van der Waals surface area contributed by atoms with Crippen LogP contribution in [0.15, 0.2) is 42.5 Å². The van der Waals surface area contributed by atoms with Crippen LogP contribution in [0.2, 0.25) is 5.02 Å². The molecular weight excluding hydrogens is 380 g/mol. The Hall–Kier alpha value is -2.73. The summed E-state index contributed by atoms with van der Waals surface area (Å²) in [6.45, 7) is 1.01. The van der Waals surface area contributed by atoms with Gasteiger partial charge in [0, 0.05) is 0 Å². The van der Waals surface area contributed by atoms with Crippen molar-refractivity contribution < 1.29 is 19.1 Å². The minimum atomic E-state index is -0.705. The summed E-state index contributed by atoms with van der Waals surface area (Å²) < 4.78 is 11.3. The van der Waals surface area contributed by atoms with Crippen molar-refractivity contribution in [2.24, 2.45) is 0 Å². The van der Waals surface area contributed by atoms with Crippen molar-refractivity contribution in [3.8, 4) is 11.5 Å². The number of hydrogen-bond donors (Lipinski definition) is 2. The van der Waals surface area contributed by atoms with Gasteiger partial charge in [0.05, 0.1) is 16.0 Å². The predicted molar refractivity (Wildman–Crippen MR) is 105 cm³/mol. The Kier molecular flexibility index (Phi) is 5.13. The molecule has 0 radical (unpaired) electrons. The molecule has 1 fully saturated rings. The van der Waals surface area contributed by atoms with Crippen LogP contribution in [0.25, 0.3) is 0 Å². The molecule has 0 saturated heterocycles. The van der Waals surface area contributed by atoms with Crippen LogP contribution >= 0.6 is 11.6 Å². The summed E-state index contributed by atoms with van der Waals surface area (Å²) in [4.78, 5) is 25.5. The largest absolute Gasteiger partial charge is 0.486 e. The number of halogens is 1. The van der Waals surface area contributed by atoms with E-state index in [9.17, 15) is 9.59 Å². The summed E-state index contributed by atoms with van der Waals surface area (Å²) in [6, 6.07) is 12.3. The first-order valence-corrected chi connectivity index (χ1v) is 9.73. The topological polar surface area (TPSA) is 76.7 Å². The van der Waals surface area contributed by atoms with E-state index in [2.05, 4.69) is 10.9 Å². The third-order valence-corrected chi connectivity index (χ3v) is 5.72. The number of rotatable bonds is 3. The van der Waals surface area contributed by atoms with Crippen LogP contribution < -0.4 is 20.3 Å². The zero-order valence-corrected chi connectivity index (χ0v) is 16.1. The average Bonchev–Trinajstić information content (AvgIpc) is 3.23. The number of carbonyl (C=O) groups excluding carboxylic acids is 2. The molecule has 1 saturated carbocycles. The van der Waals surface area contributed by atoms with E-state index >= 15 is 0 Å². The fourth-order valence-electron chi connectivity index (χ4n) is 3.91. The molecule has 1 aliphatic heterocycles. The number of hydrazine groups is 1. The molecule has 0 bridgehead atoms. The van der Waals surface area contributed by atoms with Crippen molar-refractivity contribution in [1.29, 1.82) is 0 Å². The monoisotopic (exact) mass is 400 g/mol. The maximum absolute atomic E-state index is 13.1.